The van der Waals surface area contributed by atoms with E-state index in [9.17, 15) is 19.5 Å². The number of rotatable bonds is 7. The van der Waals surface area contributed by atoms with Crippen LogP contribution in [0.1, 0.15) is 42.7 Å². The Kier molecular flexibility index (Phi) is 7.85. The predicted molar refractivity (Wildman–Crippen MR) is 167 cm³/mol. The maximum absolute atomic E-state index is 14.0. The molecule has 10 heteroatoms. The van der Waals surface area contributed by atoms with Crippen molar-refractivity contribution in [3.8, 4) is 16.8 Å². The molecule has 5 N–H and O–H groups in total. The topological polar surface area (TPSA) is 137 Å². The van der Waals surface area contributed by atoms with Crippen molar-refractivity contribution in [2.75, 3.05) is 18.8 Å². The van der Waals surface area contributed by atoms with E-state index in [1.165, 1.54) is 15.2 Å². The van der Waals surface area contributed by atoms with Crippen LogP contribution in [0.15, 0.2) is 70.8 Å². The van der Waals surface area contributed by atoms with E-state index < -0.39 is 17.3 Å². The highest BCUT2D eigenvalue weighted by atomic mass is 35.5. The van der Waals surface area contributed by atoms with Gasteiger partial charge >= 0.3 is 11.1 Å². The van der Waals surface area contributed by atoms with E-state index in [2.05, 4.69) is 6.58 Å². The summed E-state index contributed by atoms with van der Waals surface area (Å²) >= 11 is 6.88. The molecule has 1 amide bonds. The highest BCUT2D eigenvalue weighted by Gasteiger charge is 2.31. The third-order valence-electron chi connectivity index (χ3n) is 7.91. The fourth-order valence-corrected chi connectivity index (χ4v) is 6.02. The molecule has 42 heavy (non-hydrogen) atoms. The Labute approximate surface area is 248 Å². The lowest BCUT2D eigenvalue weighted by molar-refractivity contribution is -0.132. The lowest BCUT2D eigenvalue weighted by Gasteiger charge is -2.39. The van der Waals surface area contributed by atoms with Crippen LogP contribution in [0.3, 0.4) is 0 Å². The largest absolute Gasteiger partial charge is 0.399 e. The van der Waals surface area contributed by atoms with Gasteiger partial charge in [-0.05, 0) is 59.9 Å². The third-order valence-corrected chi connectivity index (χ3v) is 8.22. The summed E-state index contributed by atoms with van der Waals surface area (Å²) in [6, 6.07) is 14.1. The summed E-state index contributed by atoms with van der Waals surface area (Å²) in [5.41, 5.74) is 15.8. The highest BCUT2D eigenvalue weighted by molar-refractivity contribution is 6.34. The fraction of sp³-hybridized carbons (Fsp3) is 0.281. The van der Waals surface area contributed by atoms with Crippen molar-refractivity contribution in [3.63, 3.8) is 0 Å². The number of fused-ring (bicyclic) bond motifs is 1. The van der Waals surface area contributed by atoms with Gasteiger partial charge < -0.3 is 26.0 Å². The minimum absolute atomic E-state index is 0.0268. The van der Waals surface area contributed by atoms with Gasteiger partial charge in [-0.3, -0.25) is 19.0 Å². The van der Waals surface area contributed by atoms with Gasteiger partial charge in [0.2, 0.25) is 5.91 Å². The minimum Gasteiger partial charge on any atom is -0.399 e. The average molecular weight is 588 g/mol. The lowest BCUT2D eigenvalue weighted by Crippen LogP contribution is -2.52. The molecule has 0 aliphatic carbocycles. The van der Waals surface area contributed by atoms with Crippen LogP contribution in [0.25, 0.3) is 27.8 Å². The van der Waals surface area contributed by atoms with E-state index in [4.69, 9.17) is 23.1 Å². The van der Waals surface area contributed by atoms with Crippen LogP contribution >= 0.6 is 11.6 Å². The number of para-hydroxylation sites is 1. The lowest BCUT2D eigenvalue weighted by atomic mass is 9.95. The second kappa shape index (κ2) is 11.2. The van der Waals surface area contributed by atoms with Crippen LogP contribution < -0.4 is 22.6 Å². The zero-order valence-corrected chi connectivity index (χ0v) is 24.6. The van der Waals surface area contributed by atoms with Crippen molar-refractivity contribution in [2.24, 2.45) is 11.7 Å². The van der Waals surface area contributed by atoms with Crippen LogP contribution in [-0.2, 0) is 11.3 Å². The van der Waals surface area contributed by atoms with E-state index in [1.807, 2.05) is 39.0 Å². The number of likely N-dealkylation sites (tertiary alicyclic amines) is 1. The van der Waals surface area contributed by atoms with E-state index in [1.54, 1.807) is 35.2 Å². The molecule has 9 nitrogen and oxygen atoms in total. The van der Waals surface area contributed by atoms with Gasteiger partial charge in [0.15, 0.2) is 0 Å². The van der Waals surface area contributed by atoms with Crippen molar-refractivity contribution in [2.45, 2.75) is 39.5 Å². The van der Waals surface area contributed by atoms with Crippen molar-refractivity contribution >= 4 is 34.2 Å². The first-order valence-electron chi connectivity index (χ1n) is 13.8. The Bertz CT molecular complexity index is 1850. The second-order valence-corrected chi connectivity index (χ2v) is 11.6. The van der Waals surface area contributed by atoms with Crippen LogP contribution in [0.5, 0.6) is 0 Å². The number of nitrogens with zero attached hydrogens (tertiary/aromatic N) is 3. The van der Waals surface area contributed by atoms with E-state index in [-0.39, 0.29) is 24.3 Å². The highest BCUT2D eigenvalue weighted by Crippen LogP contribution is 2.38. The first-order chi connectivity index (χ1) is 19.9. The number of aryl methyl sites for hydroxylation is 1. The minimum atomic E-state index is -1.30. The molecule has 4 aromatic rings. The molecule has 0 saturated carbocycles. The number of halogens is 1. The van der Waals surface area contributed by atoms with Gasteiger partial charge in [-0.1, -0.05) is 56.3 Å². The third kappa shape index (κ3) is 5.04. The summed E-state index contributed by atoms with van der Waals surface area (Å²) in [5, 5.41) is 10.6. The average Bonchev–Trinajstić information content (AvgIpc) is 2.92. The molecular weight excluding hydrogens is 554 g/mol. The molecule has 1 saturated heterocycles. The van der Waals surface area contributed by atoms with Gasteiger partial charge in [0, 0.05) is 42.4 Å². The number of carbonyl (C=O) groups is 1. The summed E-state index contributed by atoms with van der Waals surface area (Å²) in [4.78, 5) is 41.5. The molecular formula is C32H34ClN5O4. The number of carbonyl (C=O) groups excluding carboxylic acids is 1. The van der Waals surface area contributed by atoms with Crippen LogP contribution in [-0.4, -0.2) is 38.1 Å². The molecule has 2 heterocycles. The van der Waals surface area contributed by atoms with Crippen molar-refractivity contribution in [1.82, 2.24) is 14.0 Å². The van der Waals surface area contributed by atoms with Crippen molar-refractivity contribution < 1.29 is 9.90 Å². The maximum Gasteiger partial charge on any atom is 0.321 e. The summed E-state index contributed by atoms with van der Waals surface area (Å²) in [5.74, 6) is -0.138. The molecule has 0 radical (unpaired) electrons. The first kappa shape index (κ1) is 29.3. The number of nitrogens with two attached hydrogens (primary N) is 2. The summed E-state index contributed by atoms with van der Waals surface area (Å²) in [6.07, 6.45) is -0.0373. The maximum atomic E-state index is 14.0. The summed E-state index contributed by atoms with van der Waals surface area (Å²) in [7, 11) is 0. The number of anilines is 1. The van der Waals surface area contributed by atoms with Crippen molar-refractivity contribution in [3.05, 3.63) is 104 Å². The fourth-order valence-electron chi connectivity index (χ4n) is 5.76. The molecule has 1 aliphatic rings. The molecule has 5 rings (SSSR count). The Morgan fingerprint density at radius 3 is 2.43 bits per heavy atom. The molecule has 1 aliphatic heterocycles. The zero-order valence-electron chi connectivity index (χ0n) is 23.8. The van der Waals surface area contributed by atoms with E-state index >= 15 is 0 Å². The van der Waals surface area contributed by atoms with E-state index in [0.717, 1.165) is 11.1 Å². The number of hydrogen-bond acceptors (Lipinski definition) is 6. The smallest absolute Gasteiger partial charge is 0.321 e. The van der Waals surface area contributed by atoms with Crippen LogP contribution in [0.4, 0.5) is 5.69 Å². The van der Waals surface area contributed by atoms with Crippen molar-refractivity contribution in [1.29, 1.82) is 0 Å². The molecule has 1 atom stereocenters. The molecule has 0 spiro atoms. The monoisotopic (exact) mass is 587 g/mol. The number of hydrogen-bond donors (Lipinski definition) is 3. The van der Waals surface area contributed by atoms with E-state index in [0.29, 0.717) is 57.2 Å². The number of aromatic nitrogens is 2. The first-order valence-corrected chi connectivity index (χ1v) is 14.1. The van der Waals surface area contributed by atoms with Gasteiger partial charge in [0.25, 0.3) is 0 Å². The van der Waals surface area contributed by atoms with Gasteiger partial charge in [0.05, 0.1) is 21.7 Å². The number of aliphatic hydroxyl groups is 1. The normalized spacial score (nSPS) is 14.3. The Morgan fingerprint density at radius 1 is 1.07 bits per heavy atom. The predicted octanol–water partition coefficient (Wildman–Crippen LogP) is 4.08. The SMILES string of the molecule is C=CC(=O)N1CC(Cn2c(=O)c(=O)n(-c3c(C)cccc3C(C)C)c3cc(-c4cc(N)ccc4C(N)O)c(Cl)cc32)C1. The Hall–Kier alpha value is -4.18. The molecule has 1 unspecified atom stereocenters. The summed E-state index contributed by atoms with van der Waals surface area (Å²) in [6.45, 7) is 10.6. The molecule has 3 aromatic carbocycles. The zero-order chi connectivity index (χ0) is 30.5. The molecule has 218 valence electrons. The second-order valence-electron chi connectivity index (χ2n) is 11.1. The Balaban J connectivity index is 1.83. The summed E-state index contributed by atoms with van der Waals surface area (Å²) < 4.78 is 2.92. The number of amides is 1. The van der Waals surface area contributed by atoms with Crippen LogP contribution in [0.2, 0.25) is 5.02 Å². The van der Waals surface area contributed by atoms with Gasteiger partial charge in [-0.2, -0.15) is 0 Å². The van der Waals surface area contributed by atoms with Gasteiger partial charge in [0.1, 0.15) is 6.23 Å². The molecule has 0 bridgehead atoms. The standard InChI is InChI=1S/C32H34ClN5O4/c1-5-28(39)36-14-19(15-36)16-37-26-13-25(33)24(23-11-20(34)9-10-22(23)30(35)40)12-27(26)38(32(42)31(37)41)29-18(4)7-6-8-21(29)17(2)3/h5-13,17,19,30,40H,1,14-16,34-35H2,2-4H3. The van der Waals surface area contributed by atoms with Gasteiger partial charge in [-0.25, -0.2) is 0 Å². The van der Waals surface area contributed by atoms with Gasteiger partial charge in [-0.15, -0.1) is 0 Å². The molecule has 1 aromatic heterocycles. The van der Waals surface area contributed by atoms with Crippen LogP contribution in [0, 0.1) is 12.8 Å². The number of aliphatic hydroxyl groups excluding tert-OH is 1. The quantitative estimate of drug-likeness (QED) is 0.129. The Morgan fingerprint density at radius 2 is 1.79 bits per heavy atom. The molecule has 1 fully saturated rings. The number of benzene rings is 3. The number of nitrogen functional groups attached to an aromatic ring is 1.